The zero-order valence-corrected chi connectivity index (χ0v) is 16.4. The van der Waals surface area contributed by atoms with Crippen LogP contribution in [0, 0.1) is 10.1 Å². The van der Waals surface area contributed by atoms with E-state index in [4.69, 9.17) is 11.8 Å². The van der Waals surface area contributed by atoms with Gasteiger partial charge in [0.15, 0.2) is 0 Å². The normalized spacial score (nSPS) is 11.8. The minimum Gasteiger partial charge on any atom is -0.272 e. The van der Waals surface area contributed by atoms with Crippen LogP contribution >= 0.6 is 6.19 Å². The van der Waals surface area contributed by atoms with Crippen molar-refractivity contribution in [1.82, 2.24) is 5.20 Å². The Labute approximate surface area is 163 Å². The molecule has 0 saturated carbocycles. The Bertz CT molecular complexity index is 980. The van der Waals surface area contributed by atoms with Gasteiger partial charge in [0.2, 0.25) is 0 Å². The van der Waals surface area contributed by atoms with E-state index >= 15 is 0 Å². The maximum absolute atomic E-state index is 11.0. The summed E-state index contributed by atoms with van der Waals surface area (Å²) in [7, 11) is 0. The lowest BCUT2D eigenvalue weighted by molar-refractivity contribution is -0.384. The fourth-order valence-corrected chi connectivity index (χ4v) is 5.45. The highest BCUT2D eigenvalue weighted by Crippen LogP contribution is 2.39. The monoisotopic (exact) mass is 395 g/mol. The van der Waals surface area contributed by atoms with Crippen LogP contribution in [0.1, 0.15) is 12.5 Å². The minimum atomic E-state index is -2.37. The van der Waals surface area contributed by atoms with Gasteiger partial charge in [-0.05, 0) is 6.92 Å². The smallest absolute Gasteiger partial charge is 0.270 e. The molecule has 0 saturated heterocycles. The van der Waals surface area contributed by atoms with Gasteiger partial charge in [0.05, 0.1) is 10.6 Å². The van der Waals surface area contributed by atoms with Crippen LogP contribution in [0.5, 0.6) is 0 Å². The molecule has 0 aliphatic heterocycles. The molecular formula is C20H18N3O2PS. The number of nitro groups is 1. The summed E-state index contributed by atoms with van der Waals surface area (Å²) in [4.78, 5) is 10.6. The summed E-state index contributed by atoms with van der Waals surface area (Å²) >= 11 is 6.06. The third kappa shape index (κ3) is 4.30. The van der Waals surface area contributed by atoms with Crippen molar-refractivity contribution in [2.45, 2.75) is 6.92 Å². The number of nitrogens with zero attached hydrogens (tertiary/aromatic N) is 2. The molecule has 0 atom stereocenters. The zero-order chi connectivity index (χ0) is 19.3. The lowest BCUT2D eigenvalue weighted by Crippen LogP contribution is -2.25. The van der Waals surface area contributed by atoms with Crippen molar-refractivity contribution in [2.24, 2.45) is 5.10 Å². The highest BCUT2D eigenvalue weighted by Gasteiger charge is 2.21. The largest absolute Gasteiger partial charge is 0.272 e. The Kier molecular flexibility index (Phi) is 5.79. The second kappa shape index (κ2) is 8.25. The summed E-state index contributed by atoms with van der Waals surface area (Å²) in [6.07, 6.45) is -2.37. The highest BCUT2D eigenvalue weighted by molar-refractivity contribution is 8.20. The Morgan fingerprint density at radius 2 is 1.52 bits per heavy atom. The van der Waals surface area contributed by atoms with Crippen molar-refractivity contribution in [3.63, 3.8) is 0 Å². The van der Waals surface area contributed by atoms with Gasteiger partial charge in [-0.3, -0.25) is 15.3 Å². The molecule has 0 unspecified atom stereocenters. The molecule has 0 aromatic heterocycles. The maximum atomic E-state index is 11.0. The Morgan fingerprint density at radius 1 is 0.963 bits per heavy atom. The number of non-ortho nitro benzene ring substituents is 1. The molecule has 0 spiro atoms. The van der Waals surface area contributed by atoms with Crippen LogP contribution in [-0.4, -0.2) is 10.6 Å². The fraction of sp³-hybridized carbons (Fsp3) is 0.0500. The van der Waals surface area contributed by atoms with Gasteiger partial charge >= 0.3 is 0 Å². The molecule has 7 heteroatoms. The molecule has 5 nitrogen and oxygen atoms in total. The van der Waals surface area contributed by atoms with Crippen LogP contribution in [-0.2, 0) is 11.8 Å². The summed E-state index contributed by atoms with van der Waals surface area (Å²) in [5.74, 6) is 0. The van der Waals surface area contributed by atoms with Gasteiger partial charge in [0.1, 0.15) is 6.19 Å². The topological polar surface area (TPSA) is 67.5 Å². The molecule has 1 N–H and O–H groups in total. The average Bonchev–Trinajstić information content (AvgIpc) is 2.73. The molecular weight excluding hydrogens is 377 g/mol. The highest BCUT2D eigenvalue weighted by atomic mass is 32.4. The standard InChI is InChI=1S/C20H18N3O2PS/c1-16(17-9-8-10-18(15-17)23(24)25)21-22-26(27,19-11-4-2-5-12-19)20-13-6-3-7-14-20/h2-15H,1H3,(H,22,27)/b21-16+. The van der Waals surface area contributed by atoms with Gasteiger partial charge in [-0.2, -0.15) is 5.10 Å². The molecule has 0 aliphatic rings. The first-order chi connectivity index (χ1) is 13.0. The first-order valence-electron chi connectivity index (χ1n) is 8.28. The van der Waals surface area contributed by atoms with E-state index in [1.807, 2.05) is 67.6 Å². The van der Waals surface area contributed by atoms with E-state index in [1.54, 1.807) is 12.1 Å². The van der Waals surface area contributed by atoms with Crippen molar-refractivity contribution in [3.05, 3.63) is 101 Å². The van der Waals surface area contributed by atoms with Crippen LogP contribution in [0.2, 0.25) is 0 Å². The number of hydrogen-bond donors (Lipinski definition) is 1. The van der Waals surface area contributed by atoms with Crippen molar-refractivity contribution in [1.29, 1.82) is 0 Å². The number of nitro benzene ring substituents is 1. The molecule has 136 valence electrons. The van der Waals surface area contributed by atoms with E-state index in [0.29, 0.717) is 11.3 Å². The van der Waals surface area contributed by atoms with Gasteiger partial charge in [-0.1, -0.05) is 84.6 Å². The summed E-state index contributed by atoms with van der Waals surface area (Å²) in [6, 6.07) is 26.1. The van der Waals surface area contributed by atoms with Crippen molar-refractivity contribution in [2.75, 3.05) is 0 Å². The SMILES string of the molecule is C/C(=N\NP(=S)(c1ccccc1)c1ccccc1)c1cccc([N+](=O)[O-])c1. The second-order valence-electron chi connectivity index (χ2n) is 5.89. The van der Waals surface area contributed by atoms with Crippen LogP contribution in [0.25, 0.3) is 0 Å². The van der Waals surface area contributed by atoms with Gasteiger partial charge < -0.3 is 0 Å². The first kappa shape index (κ1) is 19.0. The molecule has 0 heterocycles. The summed E-state index contributed by atoms with van der Waals surface area (Å²) in [5, 5.41) is 20.7. The molecule has 3 aromatic rings. The van der Waals surface area contributed by atoms with Crippen molar-refractivity contribution < 1.29 is 4.92 Å². The number of hydrogen-bond acceptors (Lipinski definition) is 4. The summed E-state index contributed by atoms with van der Waals surface area (Å²) in [6.45, 7) is 1.81. The Balaban J connectivity index is 1.98. The van der Waals surface area contributed by atoms with Crippen LogP contribution < -0.4 is 15.8 Å². The quantitative estimate of drug-likeness (QED) is 0.297. The van der Waals surface area contributed by atoms with Crippen molar-refractivity contribution >= 4 is 40.0 Å². The molecule has 3 aromatic carbocycles. The molecule has 27 heavy (non-hydrogen) atoms. The zero-order valence-electron chi connectivity index (χ0n) is 14.6. The van der Waals surface area contributed by atoms with E-state index in [2.05, 4.69) is 10.3 Å². The number of rotatable bonds is 6. The number of hydrazone groups is 1. The predicted molar refractivity (Wildman–Crippen MR) is 115 cm³/mol. The first-order valence-corrected chi connectivity index (χ1v) is 11.1. The molecule has 0 radical (unpaired) electrons. The lowest BCUT2D eigenvalue weighted by atomic mass is 10.1. The van der Waals surface area contributed by atoms with E-state index in [9.17, 15) is 10.1 Å². The minimum absolute atomic E-state index is 0.0348. The van der Waals surface area contributed by atoms with Gasteiger partial charge in [-0.15, -0.1) is 0 Å². The third-order valence-electron chi connectivity index (χ3n) is 4.07. The lowest BCUT2D eigenvalue weighted by Gasteiger charge is -2.23. The van der Waals surface area contributed by atoms with Gasteiger partial charge in [0, 0.05) is 28.3 Å². The van der Waals surface area contributed by atoms with E-state index < -0.39 is 11.1 Å². The van der Waals surface area contributed by atoms with E-state index in [0.717, 1.165) is 10.6 Å². The average molecular weight is 395 g/mol. The van der Waals surface area contributed by atoms with E-state index in [1.165, 1.54) is 12.1 Å². The van der Waals surface area contributed by atoms with Gasteiger partial charge in [0.25, 0.3) is 5.69 Å². The molecule has 0 aliphatic carbocycles. The van der Waals surface area contributed by atoms with Crippen LogP contribution in [0.4, 0.5) is 5.69 Å². The summed E-state index contributed by atoms with van der Waals surface area (Å²) in [5.41, 5.74) is 1.35. The predicted octanol–water partition coefficient (Wildman–Crippen LogP) is 3.95. The molecule has 0 amide bonds. The van der Waals surface area contributed by atoms with Crippen LogP contribution in [0.3, 0.4) is 0 Å². The molecule has 0 fully saturated rings. The molecule has 3 rings (SSSR count). The van der Waals surface area contributed by atoms with Crippen molar-refractivity contribution in [3.8, 4) is 0 Å². The fourth-order valence-electron chi connectivity index (χ4n) is 2.59. The summed E-state index contributed by atoms with van der Waals surface area (Å²) < 4.78 is 0. The molecule has 0 bridgehead atoms. The Hall–Kier alpha value is -2.82. The van der Waals surface area contributed by atoms with E-state index in [-0.39, 0.29) is 5.69 Å². The van der Waals surface area contributed by atoms with Gasteiger partial charge in [-0.25, -0.2) is 0 Å². The number of nitrogens with one attached hydrogen (secondary N) is 1. The Morgan fingerprint density at radius 3 is 2.04 bits per heavy atom. The third-order valence-corrected chi connectivity index (χ3v) is 8.02. The number of benzene rings is 3. The van der Waals surface area contributed by atoms with Crippen LogP contribution in [0.15, 0.2) is 90.0 Å². The second-order valence-corrected chi connectivity index (χ2v) is 9.98. The maximum Gasteiger partial charge on any atom is 0.270 e.